The second kappa shape index (κ2) is 6.02. The zero-order valence-electron chi connectivity index (χ0n) is 10.3. The summed E-state index contributed by atoms with van der Waals surface area (Å²) in [5, 5.41) is 18.9. The standard InChI is InChI=1S/C13H18BrNO3/c1-9(17)10-2-3-13(12(14)6-10)15-4-5-18-8-11(15)7-16/h2-3,6,9,11,16-17H,4-5,7-8H2,1H3. The Kier molecular flexibility index (Phi) is 4.61. The van der Waals surface area contributed by atoms with E-state index in [1.54, 1.807) is 6.92 Å². The van der Waals surface area contributed by atoms with Crippen molar-refractivity contribution >= 4 is 21.6 Å². The molecule has 0 amide bonds. The number of hydrogen-bond acceptors (Lipinski definition) is 4. The Hall–Kier alpha value is -0.620. The molecule has 0 aromatic heterocycles. The second-order valence-corrected chi connectivity index (χ2v) is 5.35. The van der Waals surface area contributed by atoms with E-state index in [1.165, 1.54) is 0 Å². The van der Waals surface area contributed by atoms with Crippen LogP contribution >= 0.6 is 15.9 Å². The summed E-state index contributed by atoms with van der Waals surface area (Å²) < 4.78 is 6.30. The number of hydrogen-bond donors (Lipinski definition) is 2. The maximum absolute atomic E-state index is 9.55. The maximum Gasteiger partial charge on any atom is 0.0762 e. The van der Waals surface area contributed by atoms with Crippen molar-refractivity contribution in [3.63, 3.8) is 0 Å². The van der Waals surface area contributed by atoms with Crippen molar-refractivity contribution in [3.8, 4) is 0 Å². The first-order chi connectivity index (χ1) is 8.63. The predicted octanol–water partition coefficient (Wildman–Crippen LogP) is 1.70. The lowest BCUT2D eigenvalue weighted by Gasteiger charge is -2.37. The second-order valence-electron chi connectivity index (χ2n) is 4.49. The SMILES string of the molecule is CC(O)c1ccc(N2CCOCC2CO)c(Br)c1. The maximum atomic E-state index is 9.55. The molecule has 0 aliphatic carbocycles. The Morgan fingerprint density at radius 2 is 2.33 bits per heavy atom. The molecule has 2 atom stereocenters. The molecule has 1 aromatic carbocycles. The van der Waals surface area contributed by atoms with Gasteiger partial charge in [0.05, 0.1) is 37.7 Å². The fourth-order valence-corrected chi connectivity index (χ4v) is 2.76. The molecule has 0 saturated carbocycles. The third kappa shape index (κ3) is 2.85. The molecular weight excluding hydrogens is 298 g/mol. The molecule has 0 radical (unpaired) electrons. The van der Waals surface area contributed by atoms with Gasteiger partial charge in [-0.25, -0.2) is 0 Å². The summed E-state index contributed by atoms with van der Waals surface area (Å²) in [5.41, 5.74) is 1.90. The van der Waals surface area contributed by atoms with Crippen molar-refractivity contribution in [1.82, 2.24) is 0 Å². The van der Waals surface area contributed by atoms with Gasteiger partial charge >= 0.3 is 0 Å². The van der Waals surface area contributed by atoms with Gasteiger partial charge in [-0.15, -0.1) is 0 Å². The van der Waals surface area contributed by atoms with Crippen LogP contribution in [0, 0.1) is 0 Å². The lowest BCUT2D eigenvalue weighted by molar-refractivity contribution is 0.0726. The van der Waals surface area contributed by atoms with Crippen LogP contribution in [0.3, 0.4) is 0 Å². The summed E-state index contributed by atoms with van der Waals surface area (Å²) in [7, 11) is 0. The van der Waals surface area contributed by atoms with Gasteiger partial charge in [0, 0.05) is 11.0 Å². The quantitative estimate of drug-likeness (QED) is 0.891. The topological polar surface area (TPSA) is 52.9 Å². The molecule has 1 aromatic rings. The van der Waals surface area contributed by atoms with Crippen molar-refractivity contribution < 1.29 is 14.9 Å². The van der Waals surface area contributed by atoms with Crippen LogP contribution in [0.1, 0.15) is 18.6 Å². The van der Waals surface area contributed by atoms with Gasteiger partial charge in [-0.1, -0.05) is 6.07 Å². The van der Waals surface area contributed by atoms with Crippen molar-refractivity contribution in [3.05, 3.63) is 28.2 Å². The number of morpholine rings is 1. The van der Waals surface area contributed by atoms with E-state index < -0.39 is 6.10 Å². The lowest BCUT2D eigenvalue weighted by atomic mass is 10.1. The van der Waals surface area contributed by atoms with E-state index in [9.17, 15) is 10.2 Å². The lowest BCUT2D eigenvalue weighted by Crippen LogP contribution is -2.47. The molecule has 4 nitrogen and oxygen atoms in total. The molecular formula is C13H18BrNO3. The van der Waals surface area contributed by atoms with E-state index in [0.717, 1.165) is 22.3 Å². The highest BCUT2D eigenvalue weighted by Gasteiger charge is 2.24. The number of rotatable bonds is 3. The van der Waals surface area contributed by atoms with Gasteiger partial charge in [0.15, 0.2) is 0 Å². The summed E-state index contributed by atoms with van der Waals surface area (Å²) >= 11 is 3.53. The molecule has 1 aliphatic heterocycles. The first-order valence-corrected chi connectivity index (χ1v) is 6.85. The van der Waals surface area contributed by atoms with Crippen molar-refractivity contribution in [1.29, 1.82) is 0 Å². The van der Waals surface area contributed by atoms with Gasteiger partial charge < -0.3 is 19.8 Å². The zero-order chi connectivity index (χ0) is 13.1. The van der Waals surface area contributed by atoms with E-state index in [4.69, 9.17) is 4.74 Å². The van der Waals surface area contributed by atoms with Gasteiger partial charge in [-0.05, 0) is 40.5 Å². The Bertz CT molecular complexity index is 411. The molecule has 18 heavy (non-hydrogen) atoms. The normalized spacial score (nSPS) is 22.0. The van der Waals surface area contributed by atoms with Gasteiger partial charge in [-0.2, -0.15) is 0 Å². The molecule has 1 fully saturated rings. The van der Waals surface area contributed by atoms with E-state index >= 15 is 0 Å². The average molecular weight is 316 g/mol. The number of ether oxygens (including phenoxy) is 1. The Balaban J connectivity index is 2.26. The monoisotopic (exact) mass is 315 g/mol. The van der Waals surface area contributed by atoms with Crippen LogP contribution in [0.5, 0.6) is 0 Å². The number of aliphatic hydroxyl groups excluding tert-OH is 2. The summed E-state index contributed by atoms with van der Waals surface area (Å²) in [4.78, 5) is 2.14. The molecule has 2 rings (SSSR count). The van der Waals surface area contributed by atoms with Crippen LogP contribution in [0.25, 0.3) is 0 Å². The van der Waals surface area contributed by atoms with Gasteiger partial charge in [0.1, 0.15) is 0 Å². The van der Waals surface area contributed by atoms with E-state index in [1.807, 2.05) is 18.2 Å². The highest BCUT2D eigenvalue weighted by Crippen LogP contribution is 2.31. The first-order valence-electron chi connectivity index (χ1n) is 6.06. The van der Waals surface area contributed by atoms with E-state index in [-0.39, 0.29) is 12.6 Å². The Morgan fingerprint density at radius 3 is 2.94 bits per heavy atom. The minimum absolute atomic E-state index is 0.00699. The Labute approximate surface area is 115 Å². The number of halogens is 1. The smallest absolute Gasteiger partial charge is 0.0762 e. The van der Waals surface area contributed by atoms with Gasteiger partial charge in [0.2, 0.25) is 0 Å². The first kappa shape index (κ1) is 13.8. The van der Waals surface area contributed by atoms with Crippen LogP contribution in [-0.2, 0) is 4.74 Å². The fraction of sp³-hybridized carbons (Fsp3) is 0.538. The fourth-order valence-electron chi connectivity index (χ4n) is 2.14. The zero-order valence-corrected chi connectivity index (χ0v) is 11.9. The summed E-state index contributed by atoms with van der Waals surface area (Å²) in [6.07, 6.45) is -0.478. The number of anilines is 1. The molecule has 0 spiro atoms. The highest BCUT2D eigenvalue weighted by molar-refractivity contribution is 9.10. The van der Waals surface area contributed by atoms with Crippen LogP contribution in [0.4, 0.5) is 5.69 Å². The third-order valence-electron chi connectivity index (χ3n) is 3.20. The molecule has 5 heteroatoms. The molecule has 2 unspecified atom stereocenters. The third-order valence-corrected chi connectivity index (χ3v) is 3.84. The number of benzene rings is 1. The van der Waals surface area contributed by atoms with Crippen LogP contribution in [0.15, 0.2) is 22.7 Å². The number of nitrogens with zero attached hydrogens (tertiary/aromatic N) is 1. The molecule has 100 valence electrons. The average Bonchev–Trinajstić information content (AvgIpc) is 2.38. The van der Waals surface area contributed by atoms with E-state index in [2.05, 4.69) is 20.8 Å². The van der Waals surface area contributed by atoms with Crippen molar-refractivity contribution in [2.75, 3.05) is 31.3 Å². The number of aliphatic hydroxyl groups is 2. The molecule has 1 saturated heterocycles. The highest BCUT2D eigenvalue weighted by atomic mass is 79.9. The van der Waals surface area contributed by atoms with Crippen molar-refractivity contribution in [2.45, 2.75) is 19.1 Å². The predicted molar refractivity (Wildman–Crippen MR) is 73.8 cm³/mol. The molecule has 1 aliphatic rings. The molecule has 1 heterocycles. The van der Waals surface area contributed by atoms with E-state index in [0.29, 0.717) is 13.2 Å². The molecule has 2 N–H and O–H groups in total. The molecule has 0 bridgehead atoms. The largest absolute Gasteiger partial charge is 0.394 e. The van der Waals surface area contributed by atoms with Gasteiger partial charge in [-0.3, -0.25) is 0 Å². The minimum Gasteiger partial charge on any atom is -0.394 e. The van der Waals surface area contributed by atoms with Crippen LogP contribution < -0.4 is 4.90 Å². The van der Waals surface area contributed by atoms with Gasteiger partial charge in [0.25, 0.3) is 0 Å². The summed E-state index contributed by atoms with van der Waals surface area (Å²) in [6, 6.07) is 5.80. The Morgan fingerprint density at radius 1 is 1.56 bits per heavy atom. The summed E-state index contributed by atoms with van der Waals surface area (Å²) in [5.74, 6) is 0. The summed E-state index contributed by atoms with van der Waals surface area (Å²) in [6.45, 7) is 3.79. The van der Waals surface area contributed by atoms with Crippen LogP contribution in [0.2, 0.25) is 0 Å². The minimum atomic E-state index is -0.478. The van der Waals surface area contributed by atoms with Crippen LogP contribution in [-0.4, -0.2) is 42.6 Å². The van der Waals surface area contributed by atoms with Crippen molar-refractivity contribution in [2.24, 2.45) is 0 Å².